The minimum atomic E-state index is -4.56. The number of halogens is 3. The Balaban J connectivity index is 1.46. The van der Waals surface area contributed by atoms with E-state index in [1.54, 1.807) is 11.0 Å². The number of fused-ring (bicyclic) bond motifs is 3. The maximum Gasteiger partial charge on any atom is 0.435 e. The van der Waals surface area contributed by atoms with Crippen LogP contribution in [0.2, 0.25) is 0 Å². The summed E-state index contributed by atoms with van der Waals surface area (Å²) in [4.78, 5) is 23.6. The minimum absolute atomic E-state index is 0.0253. The van der Waals surface area contributed by atoms with Crippen molar-refractivity contribution in [3.05, 3.63) is 52.6 Å². The Morgan fingerprint density at radius 2 is 1.97 bits per heavy atom. The van der Waals surface area contributed by atoms with Crippen molar-refractivity contribution in [3.8, 4) is 0 Å². The molecule has 8 nitrogen and oxygen atoms in total. The lowest BCUT2D eigenvalue weighted by atomic mass is 9.91. The van der Waals surface area contributed by atoms with E-state index in [4.69, 9.17) is 10.5 Å². The number of rotatable bonds is 4. The van der Waals surface area contributed by atoms with Gasteiger partial charge in [-0.3, -0.25) is 4.79 Å². The summed E-state index contributed by atoms with van der Waals surface area (Å²) in [6, 6.07) is 3.78. The van der Waals surface area contributed by atoms with Crippen LogP contribution in [-0.4, -0.2) is 37.0 Å². The molecule has 0 unspecified atom stereocenters. The molecule has 5 rings (SSSR count). The fourth-order valence-corrected chi connectivity index (χ4v) is 3.97. The summed E-state index contributed by atoms with van der Waals surface area (Å²) in [5.74, 6) is 0.0747. The van der Waals surface area contributed by atoms with Crippen molar-refractivity contribution in [1.82, 2.24) is 25.1 Å². The van der Waals surface area contributed by atoms with Gasteiger partial charge >= 0.3 is 6.18 Å². The summed E-state index contributed by atoms with van der Waals surface area (Å²) in [5, 5.41) is 7.71. The summed E-state index contributed by atoms with van der Waals surface area (Å²) >= 11 is 0. The molecule has 0 aromatic carbocycles. The van der Waals surface area contributed by atoms with Crippen LogP contribution in [0.1, 0.15) is 52.3 Å². The van der Waals surface area contributed by atoms with Crippen LogP contribution in [0.4, 0.5) is 19.0 Å². The van der Waals surface area contributed by atoms with Gasteiger partial charge in [-0.05, 0) is 43.0 Å². The van der Waals surface area contributed by atoms with Crippen molar-refractivity contribution in [1.29, 1.82) is 0 Å². The van der Waals surface area contributed by atoms with Crippen LogP contribution in [0.3, 0.4) is 0 Å². The molecule has 0 spiro atoms. The third-order valence-corrected chi connectivity index (χ3v) is 5.95. The smallest absolute Gasteiger partial charge is 0.383 e. The van der Waals surface area contributed by atoms with Crippen molar-refractivity contribution < 1.29 is 22.7 Å². The predicted molar refractivity (Wildman–Crippen MR) is 107 cm³/mol. The quantitative estimate of drug-likeness (QED) is 0.658. The van der Waals surface area contributed by atoms with E-state index in [1.807, 2.05) is 0 Å². The van der Waals surface area contributed by atoms with E-state index >= 15 is 0 Å². The Bertz CT molecular complexity index is 1190. The second-order valence-electron chi connectivity index (χ2n) is 7.96. The van der Waals surface area contributed by atoms with Crippen LogP contribution in [0.5, 0.6) is 0 Å². The number of pyridine rings is 2. The fraction of sp³-hybridized carbons (Fsp3) is 0.381. The average Bonchev–Trinajstić information content (AvgIpc) is 3.22. The van der Waals surface area contributed by atoms with Gasteiger partial charge in [0.05, 0.1) is 37.2 Å². The Labute approximate surface area is 180 Å². The molecule has 4 heterocycles. The molecule has 0 atom stereocenters. The second-order valence-corrected chi connectivity index (χ2v) is 7.96. The molecular weight excluding hydrogens is 425 g/mol. The number of nitrogens with two attached hydrogens (primary N) is 1. The number of nitrogens with zero attached hydrogens (tertiary/aromatic N) is 5. The highest BCUT2D eigenvalue weighted by Gasteiger charge is 2.34. The normalized spacial score (nSPS) is 16.1. The molecular formula is C21H19F3N6O2. The number of ether oxygens (including phenoxy) is 1. The molecule has 1 aliphatic carbocycles. The maximum absolute atomic E-state index is 13.4. The number of nitrogen functional groups attached to an aromatic ring is 1. The molecule has 1 aliphatic heterocycles. The Kier molecular flexibility index (Phi) is 4.92. The number of alkyl halides is 3. The van der Waals surface area contributed by atoms with Gasteiger partial charge in [0.1, 0.15) is 11.5 Å². The Hall–Kier alpha value is -3.34. The van der Waals surface area contributed by atoms with Crippen molar-refractivity contribution >= 4 is 22.6 Å². The number of hydrogen-bond donors (Lipinski definition) is 1. The largest absolute Gasteiger partial charge is 0.435 e. The zero-order valence-corrected chi connectivity index (χ0v) is 16.9. The Morgan fingerprint density at radius 1 is 1.19 bits per heavy atom. The molecule has 0 bridgehead atoms. The highest BCUT2D eigenvalue weighted by Crippen LogP contribution is 2.32. The second kappa shape index (κ2) is 7.66. The third kappa shape index (κ3) is 3.62. The summed E-state index contributed by atoms with van der Waals surface area (Å²) in [7, 11) is 0. The van der Waals surface area contributed by atoms with Crippen LogP contribution < -0.4 is 5.73 Å². The summed E-state index contributed by atoms with van der Waals surface area (Å²) in [5.41, 5.74) is 7.72. The van der Waals surface area contributed by atoms with E-state index in [0.717, 1.165) is 41.8 Å². The first-order valence-corrected chi connectivity index (χ1v) is 10.2. The zero-order chi connectivity index (χ0) is 22.5. The van der Waals surface area contributed by atoms with Crippen molar-refractivity contribution in [2.45, 2.75) is 51.2 Å². The van der Waals surface area contributed by atoms with Crippen molar-refractivity contribution in [2.24, 2.45) is 0 Å². The maximum atomic E-state index is 13.4. The molecule has 0 radical (unpaired) electrons. The van der Waals surface area contributed by atoms with Gasteiger partial charge in [0.2, 0.25) is 0 Å². The molecule has 2 aliphatic rings. The first-order valence-electron chi connectivity index (χ1n) is 10.2. The standard InChI is InChI=1S/C21H19F3N6O2/c22-21(23,24)18-5-4-11(28-29-18)8-30(12-2-1-3-12)20(31)16-6-13-14-9-32-10-15(14)19(25)27-17(13)7-26-16/h4-7,12H,1-3,8-10H2,(H2,25,27). The predicted octanol–water partition coefficient (Wildman–Crippen LogP) is 3.25. The highest BCUT2D eigenvalue weighted by atomic mass is 19.4. The minimum Gasteiger partial charge on any atom is -0.383 e. The molecule has 3 aromatic heterocycles. The summed E-state index contributed by atoms with van der Waals surface area (Å²) in [6.45, 7) is 0.801. The molecule has 32 heavy (non-hydrogen) atoms. The molecule has 2 N–H and O–H groups in total. The lowest BCUT2D eigenvalue weighted by molar-refractivity contribution is -0.141. The van der Waals surface area contributed by atoms with E-state index in [-0.39, 0.29) is 29.9 Å². The van der Waals surface area contributed by atoms with Crippen molar-refractivity contribution in [3.63, 3.8) is 0 Å². The lowest BCUT2D eigenvalue weighted by Gasteiger charge is -2.37. The van der Waals surface area contributed by atoms with Crippen LogP contribution in [0, 0.1) is 0 Å². The van der Waals surface area contributed by atoms with Crippen LogP contribution in [-0.2, 0) is 30.7 Å². The van der Waals surface area contributed by atoms with Crippen molar-refractivity contribution in [2.75, 3.05) is 5.73 Å². The zero-order valence-electron chi connectivity index (χ0n) is 16.9. The monoisotopic (exact) mass is 444 g/mol. The molecule has 3 aromatic rings. The topological polar surface area (TPSA) is 107 Å². The number of carbonyl (C=O) groups is 1. The summed E-state index contributed by atoms with van der Waals surface area (Å²) in [6.07, 6.45) is -0.449. The van der Waals surface area contributed by atoms with E-state index in [9.17, 15) is 18.0 Å². The van der Waals surface area contributed by atoms with Gasteiger partial charge < -0.3 is 15.4 Å². The molecule has 11 heteroatoms. The first kappa shape index (κ1) is 20.6. The van der Waals surface area contributed by atoms with Crippen LogP contribution in [0.15, 0.2) is 24.4 Å². The van der Waals surface area contributed by atoms with Gasteiger partial charge in [-0.1, -0.05) is 0 Å². The van der Waals surface area contributed by atoms with Gasteiger partial charge in [-0.15, -0.1) is 5.10 Å². The van der Waals surface area contributed by atoms with E-state index in [1.165, 1.54) is 12.3 Å². The number of anilines is 1. The average molecular weight is 444 g/mol. The molecule has 1 amide bonds. The number of amides is 1. The van der Waals surface area contributed by atoms with Crippen LogP contribution >= 0.6 is 0 Å². The first-order chi connectivity index (χ1) is 15.3. The SMILES string of the molecule is Nc1nc2cnc(C(=O)N(Cc3ccc(C(F)(F)F)nn3)C3CCC3)cc2c2c1COC2. The number of carbonyl (C=O) groups excluding carboxylic acids is 1. The van der Waals surface area contributed by atoms with Crippen LogP contribution in [0.25, 0.3) is 10.9 Å². The highest BCUT2D eigenvalue weighted by molar-refractivity contribution is 5.97. The van der Waals surface area contributed by atoms with Gasteiger partial charge in [0.25, 0.3) is 5.91 Å². The van der Waals surface area contributed by atoms with Gasteiger partial charge in [0.15, 0.2) is 5.69 Å². The molecule has 166 valence electrons. The Morgan fingerprint density at radius 3 is 2.62 bits per heavy atom. The lowest BCUT2D eigenvalue weighted by Crippen LogP contribution is -2.44. The number of hydrogen-bond acceptors (Lipinski definition) is 7. The van der Waals surface area contributed by atoms with Gasteiger partial charge in [-0.2, -0.15) is 18.3 Å². The van der Waals surface area contributed by atoms with E-state index in [2.05, 4.69) is 20.2 Å². The molecule has 1 fully saturated rings. The third-order valence-electron chi connectivity index (χ3n) is 5.95. The van der Waals surface area contributed by atoms with Gasteiger partial charge in [-0.25, -0.2) is 9.97 Å². The van der Waals surface area contributed by atoms with E-state index < -0.39 is 11.9 Å². The number of aromatic nitrogens is 4. The molecule has 1 saturated carbocycles. The fourth-order valence-electron chi connectivity index (χ4n) is 3.97. The summed E-state index contributed by atoms with van der Waals surface area (Å²) < 4.78 is 43.8. The van der Waals surface area contributed by atoms with Gasteiger partial charge in [0, 0.05) is 17.0 Å². The van der Waals surface area contributed by atoms with E-state index in [0.29, 0.717) is 24.5 Å². The molecule has 0 saturated heterocycles.